The number of urea groups is 1. The summed E-state index contributed by atoms with van der Waals surface area (Å²) in [7, 11) is 0. The second kappa shape index (κ2) is 11.3. The molecule has 3 amide bonds. The van der Waals surface area contributed by atoms with Gasteiger partial charge in [0.2, 0.25) is 5.91 Å². The molecule has 0 aliphatic rings. The van der Waals surface area contributed by atoms with Crippen LogP contribution in [0.3, 0.4) is 0 Å². The zero-order chi connectivity index (χ0) is 25.5. The van der Waals surface area contributed by atoms with Crippen LogP contribution in [-0.4, -0.2) is 39.7 Å². The number of anilines is 2. The Morgan fingerprint density at radius 2 is 1.61 bits per heavy atom. The number of aromatic nitrogens is 2. The van der Waals surface area contributed by atoms with Gasteiger partial charge in [-0.3, -0.25) is 4.79 Å². The molecule has 36 heavy (non-hydrogen) atoms. The number of para-hydroxylation sites is 1. The number of carbonyl (C=O) groups is 2. The lowest BCUT2D eigenvalue weighted by Crippen LogP contribution is -2.41. The molecule has 0 aliphatic carbocycles. The molecule has 4 aromatic rings. The SMILES string of the molecule is CCCN(CC(=O)Nc1cc(-c2ccccc2)nn1-c1ccc(F)cc1)C(=O)Nc1ccccc1F. The molecule has 0 unspecified atom stereocenters. The molecule has 0 saturated heterocycles. The molecule has 0 radical (unpaired) electrons. The van der Waals surface area contributed by atoms with E-state index in [9.17, 15) is 18.4 Å². The Hall–Kier alpha value is -4.53. The van der Waals surface area contributed by atoms with Crippen LogP contribution in [0.1, 0.15) is 13.3 Å². The maximum atomic E-state index is 14.0. The van der Waals surface area contributed by atoms with Crippen LogP contribution in [0, 0.1) is 11.6 Å². The predicted molar refractivity (Wildman–Crippen MR) is 135 cm³/mol. The Morgan fingerprint density at radius 3 is 2.31 bits per heavy atom. The molecular weight excluding hydrogens is 464 g/mol. The van der Waals surface area contributed by atoms with Gasteiger partial charge >= 0.3 is 6.03 Å². The smallest absolute Gasteiger partial charge is 0.315 e. The van der Waals surface area contributed by atoms with E-state index in [1.165, 1.54) is 39.9 Å². The van der Waals surface area contributed by atoms with Crippen molar-refractivity contribution in [3.8, 4) is 16.9 Å². The van der Waals surface area contributed by atoms with Crippen molar-refractivity contribution in [1.29, 1.82) is 0 Å². The highest BCUT2D eigenvalue weighted by Gasteiger charge is 2.20. The van der Waals surface area contributed by atoms with Crippen molar-refractivity contribution >= 4 is 23.4 Å². The largest absolute Gasteiger partial charge is 0.322 e. The monoisotopic (exact) mass is 489 g/mol. The van der Waals surface area contributed by atoms with E-state index < -0.39 is 23.6 Å². The molecule has 9 heteroatoms. The molecule has 0 atom stereocenters. The quantitative estimate of drug-likeness (QED) is 0.333. The average Bonchev–Trinajstić information content (AvgIpc) is 3.29. The van der Waals surface area contributed by atoms with Gasteiger partial charge in [-0.05, 0) is 42.8 Å². The maximum Gasteiger partial charge on any atom is 0.322 e. The van der Waals surface area contributed by atoms with Gasteiger partial charge in [-0.1, -0.05) is 49.4 Å². The molecule has 0 spiro atoms. The Kier molecular flexibility index (Phi) is 7.69. The van der Waals surface area contributed by atoms with Crippen molar-refractivity contribution in [3.05, 3.63) is 96.6 Å². The topological polar surface area (TPSA) is 79.3 Å². The van der Waals surface area contributed by atoms with Crippen LogP contribution in [0.5, 0.6) is 0 Å². The predicted octanol–water partition coefficient (Wildman–Crippen LogP) is 5.70. The lowest BCUT2D eigenvalue weighted by Gasteiger charge is -2.22. The van der Waals surface area contributed by atoms with Gasteiger partial charge in [0.15, 0.2) is 0 Å². The number of amides is 3. The minimum absolute atomic E-state index is 0.0332. The number of carbonyl (C=O) groups excluding carboxylic acids is 2. The minimum Gasteiger partial charge on any atom is -0.315 e. The van der Waals surface area contributed by atoms with Crippen molar-refractivity contribution < 1.29 is 18.4 Å². The standard InChI is InChI=1S/C27H25F2N5O2/c1-2-16-33(27(36)30-23-11-7-6-10-22(23)29)18-26(35)31-25-17-24(19-8-4-3-5-9-19)32-34(25)21-14-12-20(28)13-15-21/h3-15,17H,2,16,18H2,1H3,(H,30,36)(H,31,35). The maximum absolute atomic E-state index is 14.0. The zero-order valence-corrected chi connectivity index (χ0v) is 19.6. The average molecular weight is 490 g/mol. The summed E-state index contributed by atoms with van der Waals surface area (Å²) in [6, 6.07) is 22.1. The van der Waals surface area contributed by atoms with E-state index in [1.54, 1.807) is 24.3 Å². The molecule has 7 nitrogen and oxygen atoms in total. The summed E-state index contributed by atoms with van der Waals surface area (Å²) in [5.41, 5.74) is 2.03. The number of hydrogen-bond donors (Lipinski definition) is 2. The number of hydrogen-bond acceptors (Lipinski definition) is 3. The van der Waals surface area contributed by atoms with Gasteiger partial charge in [0.1, 0.15) is 24.0 Å². The van der Waals surface area contributed by atoms with Crippen molar-refractivity contribution in [1.82, 2.24) is 14.7 Å². The van der Waals surface area contributed by atoms with Gasteiger partial charge in [-0.15, -0.1) is 0 Å². The fourth-order valence-electron chi connectivity index (χ4n) is 3.63. The number of rotatable bonds is 8. The van der Waals surface area contributed by atoms with Crippen molar-refractivity contribution in [2.24, 2.45) is 0 Å². The highest BCUT2D eigenvalue weighted by molar-refractivity contribution is 5.97. The first-order chi connectivity index (χ1) is 17.4. The summed E-state index contributed by atoms with van der Waals surface area (Å²) in [5, 5.41) is 9.91. The van der Waals surface area contributed by atoms with Crippen molar-refractivity contribution in [3.63, 3.8) is 0 Å². The lowest BCUT2D eigenvalue weighted by atomic mass is 10.1. The van der Waals surface area contributed by atoms with Gasteiger partial charge in [0.05, 0.1) is 17.1 Å². The van der Waals surface area contributed by atoms with E-state index in [2.05, 4.69) is 15.7 Å². The summed E-state index contributed by atoms with van der Waals surface area (Å²) >= 11 is 0. The molecule has 0 bridgehead atoms. The van der Waals surface area contributed by atoms with E-state index in [1.807, 2.05) is 37.3 Å². The Labute approximate surface area is 207 Å². The van der Waals surface area contributed by atoms with Crippen LogP contribution < -0.4 is 10.6 Å². The number of benzene rings is 3. The molecular formula is C27H25F2N5O2. The van der Waals surface area contributed by atoms with Crippen molar-refractivity contribution in [2.45, 2.75) is 13.3 Å². The fourth-order valence-corrected chi connectivity index (χ4v) is 3.63. The van der Waals surface area contributed by atoms with E-state index in [0.717, 1.165) is 5.56 Å². The Bertz CT molecular complexity index is 1340. The normalized spacial score (nSPS) is 10.6. The van der Waals surface area contributed by atoms with E-state index >= 15 is 0 Å². The van der Waals surface area contributed by atoms with Gasteiger partial charge in [0.25, 0.3) is 0 Å². The molecule has 0 aliphatic heterocycles. The molecule has 1 aromatic heterocycles. The summed E-state index contributed by atoms with van der Waals surface area (Å²) in [5.74, 6) is -1.06. The zero-order valence-electron chi connectivity index (χ0n) is 19.6. The van der Waals surface area contributed by atoms with Gasteiger partial charge < -0.3 is 15.5 Å². The minimum atomic E-state index is -0.589. The van der Waals surface area contributed by atoms with Gasteiger partial charge in [-0.25, -0.2) is 18.3 Å². The molecule has 2 N–H and O–H groups in total. The second-order valence-corrected chi connectivity index (χ2v) is 8.05. The summed E-state index contributed by atoms with van der Waals surface area (Å²) in [6.07, 6.45) is 0.601. The molecule has 4 rings (SSSR count). The third kappa shape index (κ3) is 5.93. The van der Waals surface area contributed by atoms with Gasteiger partial charge in [0, 0.05) is 18.2 Å². The second-order valence-electron chi connectivity index (χ2n) is 8.05. The lowest BCUT2D eigenvalue weighted by molar-refractivity contribution is -0.116. The number of halogens is 2. The van der Waals surface area contributed by atoms with Crippen LogP contribution in [0.4, 0.5) is 25.1 Å². The van der Waals surface area contributed by atoms with E-state index in [0.29, 0.717) is 30.2 Å². The van der Waals surface area contributed by atoms with Crippen molar-refractivity contribution in [2.75, 3.05) is 23.7 Å². The number of nitrogens with zero attached hydrogens (tertiary/aromatic N) is 3. The fraction of sp³-hybridized carbons (Fsp3) is 0.148. The Balaban J connectivity index is 1.55. The van der Waals surface area contributed by atoms with Crippen LogP contribution in [0.2, 0.25) is 0 Å². The first kappa shape index (κ1) is 24.6. The first-order valence-electron chi connectivity index (χ1n) is 11.5. The van der Waals surface area contributed by atoms with Crippen LogP contribution in [0.15, 0.2) is 84.9 Å². The summed E-state index contributed by atoms with van der Waals surface area (Å²) in [4.78, 5) is 27.1. The molecule has 0 fully saturated rings. The summed E-state index contributed by atoms with van der Waals surface area (Å²) in [6.45, 7) is 1.90. The third-order valence-corrected chi connectivity index (χ3v) is 5.35. The van der Waals surface area contributed by atoms with Crippen LogP contribution >= 0.6 is 0 Å². The van der Waals surface area contributed by atoms with E-state index in [4.69, 9.17) is 0 Å². The molecule has 184 valence electrons. The highest BCUT2D eigenvalue weighted by Crippen LogP contribution is 2.25. The number of nitrogens with one attached hydrogen (secondary N) is 2. The Morgan fingerprint density at radius 1 is 0.917 bits per heavy atom. The molecule has 0 saturated carbocycles. The van der Waals surface area contributed by atoms with Crippen LogP contribution in [0.25, 0.3) is 16.9 Å². The van der Waals surface area contributed by atoms with E-state index in [-0.39, 0.29) is 12.2 Å². The first-order valence-corrected chi connectivity index (χ1v) is 11.5. The van der Waals surface area contributed by atoms with Gasteiger partial charge in [-0.2, -0.15) is 5.10 Å². The molecule has 3 aromatic carbocycles. The summed E-state index contributed by atoms with van der Waals surface area (Å²) < 4.78 is 29.0. The van der Waals surface area contributed by atoms with Crippen LogP contribution in [-0.2, 0) is 4.79 Å². The highest BCUT2D eigenvalue weighted by atomic mass is 19.1. The molecule has 1 heterocycles. The third-order valence-electron chi connectivity index (χ3n) is 5.35.